The van der Waals surface area contributed by atoms with Crippen LogP contribution in [0.5, 0.6) is 0 Å². The lowest BCUT2D eigenvalue weighted by Crippen LogP contribution is -2.44. The fourth-order valence-electron chi connectivity index (χ4n) is 2.13. The number of hydrogen-bond donors (Lipinski definition) is 2. The van der Waals surface area contributed by atoms with E-state index in [1.54, 1.807) is 0 Å². The Bertz CT molecular complexity index is 277. The average Bonchev–Trinajstić information content (AvgIpc) is 2.84. The Morgan fingerprint density at radius 2 is 2.06 bits per heavy atom. The predicted octanol–water partition coefficient (Wildman–Crippen LogP) is 0.0782. The van der Waals surface area contributed by atoms with Crippen molar-refractivity contribution >= 4 is 11.9 Å². The Labute approximate surface area is 107 Å². The van der Waals surface area contributed by atoms with Gasteiger partial charge in [0.25, 0.3) is 0 Å². The molecule has 1 saturated carbocycles. The van der Waals surface area contributed by atoms with Crippen molar-refractivity contribution in [2.45, 2.75) is 31.7 Å². The van der Waals surface area contributed by atoms with Crippen LogP contribution in [0.3, 0.4) is 0 Å². The SMILES string of the molecule is COCCN(CC(=O)O)C(=O)CNC1CCCC1. The summed E-state index contributed by atoms with van der Waals surface area (Å²) in [7, 11) is 1.53. The maximum absolute atomic E-state index is 11.9. The number of carboxylic acid groups (broad SMARTS) is 1. The van der Waals surface area contributed by atoms with E-state index in [4.69, 9.17) is 9.84 Å². The van der Waals surface area contributed by atoms with Crippen molar-refractivity contribution in [3.8, 4) is 0 Å². The Morgan fingerprint density at radius 3 is 2.61 bits per heavy atom. The van der Waals surface area contributed by atoms with Crippen LogP contribution in [0.1, 0.15) is 25.7 Å². The summed E-state index contributed by atoms with van der Waals surface area (Å²) in [5.41, 5.74) is 0. The molecule has 1 fully saturated rings. The van der Waals surface area contributed by atoms with Crippen LogP contribution in [0.25, 0.3) is 0 Å². The Kier molecular flexibility index (Phi) is 6.67. The summed E-state index contributed by atoms with van der Waals surface area (Å²) >= 11 is 0. The number of ether oxygens (including phenoxy) is 1. The van der Waals surface area contributed by atoms with Gasteiger partial charge in [0, 0.05) is 19.7 Å². The molecule has 0 aromatic carbocycles. The minimum Gasteiger partial charge on any atom is -0.480 e. The molecule has 6 heteroatoms. The maximum atomic E-state index is 11.9. The van der Waals surface area contributed by atoms with Gasteiger partial charge in [-0.3, -0.25) is 9.59 Å². The van der Waals surface area contributed by atoms with E-state index in [1.165, 1.54) is 24.9 Å². The lowest BCUT2D eigenvalue weighted by atomic mass is 10.2. The Balaban J connectivity index is 2.34. The fourth-order valence-corrected chi connectivity index (χ4v) is 2.13. The van der Waals surface area contributed by atoms with Crippen LogP contribution in [-0.2, 0) is 14.3 Å². The Morgan fingerprint density at radius 1 is 1.39 bits per heavy atom. The van der Waals surface area contributed by atoms with Crippen LogP contribution < -0.4 is 5.32 Å². The zero-order valence-corrected chi connectivity index (χ0v) is 10.9. The van der Waals surface area contributed by atoms with Gasteiger partial charge in [-0.25, -0.2) is 0 Å². The number of carbonyl (C=O) groups excluding carboxylic acids is 1. The molecule has 0 spiro atoms. The molecule has 0 aliphatic heterocycles. The van der Waals surface area contributed by atoms with Crippen LogP contribution in [0, 0.1) is 0 Å². The summed E-state index contributed by atoms with van der Waals surface area (Å²) in [5.74, 6) is -1.18. The number of rotatable bonds is 8. The minimum atomic E-state index is -1.000. The van der Waals surface area contributed by atoms with E-state index < -0.39 is 5.97 Å². The number of aliphatic carboxylic acids is 1. The van der Waals surface area contributed by atoms with Gasteiger partial charge in [-0.2, -0.15) is 0 Å². The monoisotopic (exact) mass is 258 g/mol. The van der Waals surface area contributed by atoms with Gasteiger partial charge in [0.1, 0.15) is 6.54 Å². The zero-order valence-electron chi connectivity index (χ0n) is 10.9. The maximum Gasteiger partial charge on any atom is 0.323 e. The quantitative estimate of drug-likeness (QED) is 0.644. The molecule has 104 valence electrons. The summed E-state index contributed by atoms with van der Waals surface area (Å²) in [6.07, 6.45) is 4.61. The van der Waals surface area contributed by atoms with Crippen LogP contribution in [0.15, 0.2) is 0 Å². The molecule has 1 aliphatic rings. The first-order valence-corrected chi connectivity index (χ1v) is 6.35. The summed E-state index contributed by atoms with van der Waals surface area (Å²) < 4.78 is 4.87. The second-order valence-electron chi connectivity index (χ2n) is 4.56. The van der Waals surface area contributed by atoms with Gasteiger partial charge in [-0.15, -0.1) is 0 Å². The van der Waals surface area contributed by atoms with Gasteiger partial charge >= 0.3 is 5.97 Å². The van der Waals surface area contributed by atoms with Crippen molar-refractivity contribution in [1.82, 2.24) is 10.2 Å². The molecule has 2 N–H and O–H groups in total. The predicted molar refractivity (Wildman–Crippen MR) is 66.4 cm³/mol. The van der Waals surface area contributed by atoms with Crippen molar-refractivity contribution in [2.75, 3.05) is 33.4 Å². The molecule has 18 heavy (non-hydrogen) atoms. The van der Waals surface area contributed by atoms with E-state index in [0.717, 1.165) is 12.8 Å². The van der Waals surface area contributed by atoms with Crippen molar-refractivity contribution in [1.29, 1.82) is 0 Å². The topological polar surface area (TPSA) is 78.9 Å². The van der Waals surface area contributed by atoms with Crippen molar-refractivity contribution in [3.05, 3.63) is 0 Å². The number of carboxylic acids is 1. The second-order valence-corrected chi connectivity index (χ2v) is 4.56. The van der Waals surface area contributed by atoms with Gasteiger partial charge in [0.15, 0.2) is 0 Å². The highest BCUT2D eigenvalue weighted by molar-refractivity contribution is 5.82. The molecule has 0 bridgehead atoms. The van der Waals surface area contributed by atoms with Gasteiger partial charge in [0.2, 0.25) is 5.91 Å². The number of carbonyl (C=O) groups is 2. The molecule has 1 aliphatic carbocycles. The minimum absolute atomic E-state index is 0.179. The van der Waals surface area contributed by atoms with Gasteiger partial charge in [-0.1, -0.05) is 12.8 Å². The number of amides is 1. The first kappa shape index (κ1) is 14.9. The highest BCUT2D eigenvalue weighted by Crippen LogP contribution is 2.17. The van der Waals surface area contributed by atoms with Crippen molar-refractivity contribution in [2.24, 2.45) is 0 Å². The molecular weight excluding hydrogens is 236 g/mol. The third-order valence-electron chi connectivity index (χ3n) is 3.14. The van der Waals surface area contributed by atoms with Gasteiger partial charge < -0.3 is 20.1 Å². The van der Waals surface area contributed by atoms with Crippen LogP contribution in [0.4, 0.5) is 0 Å². The number of methoxy groups -OCH3 is 1. The first-order valence-electron chi connectivity index (χ1n) is 6.35. The van der Waals surface area contributed by atoms with Crippen LogP contribution in [-0.4, -0.2) is 61.3 Å². The van der Waals surface area contributed by atoms with Gasteiger partial charge in [-0.05, 0) is 12.8 Å². The summed E-state index contributed by atoms with van der Waals surface area (Å²) in [6, 6.07) is 0.406. The first-order chi connectivity index (χ1) is 8.63. The third kappa shape index (κ3) is 5.46. The van der Waals surface area contributed by atoms with Crippen LogP contribution >= 0.6 is 0 Å². The zero-order chi connectivity index (χ0) is 13.4. The van der Waals surface area contributed by atoms with Crippen molar-refractivity contribution < 1.29 is 19.4 Å². The molecule has 1 amide bonds. The molecule has 0 atom stereocenters. The van der Waals surface area contributed by atoms with Crippen molar-refractivity contribution in [3.63, 3.8) is 0 Å². The number of nitrogens with zero attached hydrogens (tertiary/aromatic N) is 1. The van der Waals surface area contributed by atoms with E-state index in [-0.39, 0.29) is 19.0 Å². The molecule has 0 saturated heterocycles. The molecular formula is C12H22N2O4. The molecule has 6 nitrogen and oxygen atoms in total. The standard InChI is InChI=1S/C12H22N2O4/c1-18-7-6-14(9-12(16)17)11(15)8-13-10-4-2-3-5-10/h10,13H,2-9H2,1H3,(H,16,17). The largest absolute Gasteiger partial charge is 0.480 e. The average molecular weight is 258 g/mol. The van der Waals surface area contributed by atoms with E-state index in [1.807, 2.05) is 0 Å². The normalized spacial score (nSPS) is 15.8. The van der Waals surface area contributed by atoms with E-state index in [0.29, 0.717) is 19.2 Å². The van der Waals surface area contributed by atoms with Gasteiger partial charge in [0.05, 0.1) is 13.2 Å². The molecule has 0 radical (unpaired) electrons. The fraction of sp³-hybridized carbons (Fsp3) is 0.833. The molecule has 0 heterocycles. The molecule has 0 aromatic heterocycles. The third-order valence-corrected chi connectivity index (χ3v) is 3.14. The number of hydrogen-bond acceptors (Lipinski definition) is 4. The summed E-state index contributed by atoms with van der Waals surface area (Å²) in [4.78, 5) is 23.9. The van der Waals surface area contributed by atoms with E-state index >= 15 is 0 Å². The summed E-state index contributed by atoms with van der Waals surface area (Å²) in [6.45, 7) is 0.604. The highest BCUT2D eigenvalue weighted by Gasteiger charge is 2.19. The highest BCUT2D eigenvalue weighted by atomic mass is 16.5. The number of nitrogens with one attached hydrogen (secondary N) is 1. The molecule has 0 unspecified atom stereocenters. The Hall–Kier alpha value is -1.14. The van der Waals surface area contributed by atoms with Crippen LogP contribution in [0.2, 0.25) is 0 Å². The summed E-state index contributed by atoms with van der Waals surface area (Å²) in [5, 5.41) is 11.9. The second kappa shape index (κ2) is 8.05. The lowest BCUT2D eigenvalue weighted by Gasteiger charge is -2.21. The smallest absolute Gasteiger partial charge is 0.323 e. The molecule has 1 rings (SSSR count). The lowest BCUT2D eigenvalue weighted by molar-refractivity contribution is -0.144. The van der Waals surface area contributed by atoms with E-state index in [2.05, 4.69) is 5.32 Å². The van der Waals surface area contributed by atoms with E-state index in [9.17, 15) is 9.59 Å². The molecule has 0 aromatic rings.